The highest BCUT2D eigenvalue weighted by Gasteiger charge is 2.19. The lowest BCUT2D eigenvalue weighted by Crippen LogP contribution is -2.34. The van der Waals surface area contributed by atoms with Gasteiger partial charge in [0.25, 0.3) is 5.91 Å². The van der Waals surface area contributed by atoms with Gasteiger partial charge in [-0.2, -0.15) is 0 Å². The molecular formula is C23H27BrN2O4S. The number of carbonyl (C=O) groups excluding carboxylic acids is 1. The highest BCUT2D eigenvalue weighted by Crippen LogP contribution is 2.37. The molecule has 1 amide bonds. The highest BCUT2D eigenvalue weighted by molar-refractivity contribution is 9.10. The Labute approximate surface area is 197 Å². The van der Waals surface area contributed by atoms with E-state index in [9.17, 15) is 4.79 Å². The molecule has 1 N–H and O–H groups in total. The number of benzene rings is 2. The number of ether oxygens (including phenoxy) is 3. The predicted octanol–water partition coefficient (Wildman–Crippen LogP) is 5.04. The number of hydrogen-bond donors (Lipinski definition) is 1. The Balaban J connectivity index is 1.63. The number of carbonyl (C=O) groups is 1. The fraction of sp³-hybridized carbons (Fsp3) is 0.391. The summed E-state index contributed by atoms with van der Waals surface area (Å²) >= 11 is 9.23. The first-order valence-corrected chi connectivity index (χ1v) is 11.5. The van der Waals surface area contributed by atoms with Crippen molar-refractivity contribution in [2.24, 2.45) is 0 Å². The molecule has 0 atom stereocenters. The molecule has 8 heteroatoms. The Kier molecular flexibility index (Phi) is 8.54. The van der Waals surface area contributed by atoms with Gasteiger partial charge in [-0.1, -0.05) is 12.2 Å². The second-order valence-electron chi connectivity index (χ2n) is 7.14. The zero-order valence-electron chi connectivity index (χ0n) is 17.8. The number of nitrogens with zero attached hydrogens (tertiary/aromatic N) is 1. The Morgan fingerprint density at radius 2 is 1.84 bits per heavy atom. The number of amides is 1. The van der Waals surface area contributed by atoms with E-state index < -0.39 is 0 Å². The maximum Gasteiger partial charge on any atom is 0.262 e. The van der Waals surface area contributed by atoms with Gasteiger partial charge in [0.15, 0.2) is 18.1 Å². The highest BCUT2D eigenvalue weighted by atomic mass is 79.9. The van der Waals surface area contributed by atoms with E-state index in [0.717, 1.165) is 42.2 Å². The summed E-state index contributed by atoms with van der Waals surface area (Å²) in [5.74, 6) is 1.48. The maximum atomic E-state index is 12.3. The van der Waals surface area contributed by atoms with Gasteiger partial charge in [-0.3, -0.25) is 4.79 Å². The number of nitrogens with one attached hydrogen (secondary N) is 1. The Hall–Kier alpha value is -2.32. The van der Waals surface area contributed by atoms with Crippen molar-refractivity contribution in [2.45, 2.75) is 26.2 Å². The third-order valence-corrected chi connectivity index (χ3v) is 6.00. The van der Waals surface area contributed by atoms with E-state index in [4.69, 9.17) is 26.4 Å². The van der Waals surface area contributed by atoms with Crippen LogP contribution in [-0.2, 0) is 4.79 Å². The number of methoxy groups -OCH3 is 1. The molecule has 2 aromatic carbocycles. The minimum Gasteiger partial charge on any atom is -0.494 e. The second kappa shape index (κ2) is 11.3. The molecule has 6 nitrogen and oxygen atoms in total. The number of piperidine rings is 1. The molecule has 1 heterocycles. The van der Waals surface area contributed by atoms with E-state index in [1.165, 1.54) is 6.42 Å². The van der Waals surface area contributed by atoms with Crippen LogP contribution in [0.3, 0.4) is 0 Å². The number of anilines is 1. The van der Waals surface area contributed by atoms with Crippen molar-refractivity contribution in [1.82, 2.24) is 4.90 Å². The van der Waals surface area contributed by atoms with Crippen LogP contribution in [0.5, 0.6) is 17.2 Å². The largest absolute Gasteiger partial charge is 0.494 e. The van der Waals surface area contributed by atoms with Gasteiger partial charge in [-0.25, -0.2) is 0 Å². The quantitative estimate of drug-likeness (QED) is 0.506. The normalized spacial score (nSPS) is 13.5. The third-order valence-electron chi connectivity index (χ3n) is 4.92. The topological polar surface area (TPSA) is 60.0 Å². The van der Waals surface area contributed by atoms with Crippen LogP contribution in [0.25, 0.3) is 0 Å². The fourth-order valence-electron chi connectivity index (χ4n) is 3.40. The molecule has 0 aromatic heterocycles. The third kappa shape index (κ3) is 6.33. The summed E-state index contributed by atoms with van der Waals surface area (Å²) in [5, 5.41) is 2.81. The zero-order chi connectivity index (χ0) is 22.2. The molecule has 0 bridgehead atoms. The first-order chi connectivity index (χ1) is 15.0. The van der Waals surface area contributed by atoms with Crippen molar-refractivity contribution in [2.75, 3.05) is 38.7 Å². The molecule has 2 aromatic rings. The molecule has 1 fully saturated rings. The van der Waals surface area contributed by atoms with Crippen molar-refractivity contribution in [3.8, 4) is 17.2 Å². The SMILES string of the molecule is CCOc1ccc(NC(=O)COc2c(Br)cc(C(=S)N3CCCCC3)cc2OC)cc1. The van der Waals surface area contributed by atoms with Gasteiger partial charge in [-0.05, 0) is 78.5 Å². The molecule has 0 saturated carbocycles. The predicted molar refractivity (Wildman–Crippen MR) is 130 cm³/mol. The van der Waals surface area contributed by atoms with E-state index in [1.807, 2.05) is 31.2 Å². The van der Waals surface area contributed by atoms with Gasteiger partial charge in [0.2, 0.25) is 0 Å². The molecule has 1 saturated heterocycles. The van der Waals surface area contributed by atoms with Gasteiger partial charge < -0.3 is 24.4 Å². The van der Waals surface area contributed by atoms with E-state index >= 15 is 0 Å². The molecule has 0 radical (unpaired) electrons. The smallest absolute Gasteiger partial charge is 0.262 e. The summed E-state index contributed by atoms with van der Waals surface area (Å²) in [6.45, 7) is 4.31. The average molecular weight is 507 g/mol. The summed E-state index contributed by atoms with van der Waals surface area (Å²) in [6, 6.07) is 11.0. The van der Waals surface area contributed by atoms with Crippen LogP contribution in [0.15, 0.2) is 40.9 Å². The van der Waals surface area contributed by atoms with Crippen LogP contribution in [0, 0.1) is 0 Å². The lowest BCUT2D eigenvalue weighted by molar-refractivity contribution is -0.118. The zero-order valence-corrected chi connectivity index (χ0v) is 20.2. The summed E-state index contributed by atoms with van der Waals surface area (Å²) in [4.78, 5) is 15.4. The van der Waals surface area contributed by atoms with Crippen molar-refractivity contribution >= 4 is 44.7 Å². The van der Waals surface area contributed by atoms with Crippen LogP contribution < -0.4 is 19.5 Å². The number of rotatable bonds is 8. The molecule has 0 spiro atoms. The molecule has 31 heavy (non-hydrogen) atoms. The van der Waals surface area contributed by atoms with Crippen LogP contribution in [0.2, 0.25) is 0 Å². The van der Waals surface area contributed by atoms with Gasteiger partial charge in [-0.15, -0.1) is 0 Å². The Bertz CT molecular complexity index is 915. The van der Waals surface area contributed by atoms with Gasteiger partial charge >= 0.3 is 0 Å². The Morgan fingerprint density at radius 3 is 2.48 bits per heavy atom. The Morgan fingerprint density at radius 1 is 1.13 bits per heavy atom. The van der Waals surface area contributed by atoms with Crippen LogP contribution in [0.4, 0.5) is 5.69 Å². The molecule has 166 valence electrons. The molecule has 0 unspecified atom stereocenters. The monoisotopic (exact) mass is 506 g/mol. The van der Waals surface area contributed by atoms with E-state index in [0.29, 0.717) is 28.3 Å². The van der Waals surface area contributed by atoms with E-state index in [2.05, 4.69) is 26.1 Å². The summed E-state index contributed by atoms with van der Waals surface area (Å²) in [5.41, 5.74) is 1.57. The standard InChI is InChI=1S/C23H27BrN2O4S/c1-3-29-18-9-7-17(8-10-18)25-21(27)15-30-22-19(24)13-16(14-20(22)28-2)23(31)26-11-5-4-6-12-26/h7-10,13-14H,3-6,11-12,15H2,1-2H3,(H,25,27). The van der Waals surface area contributed by atoms with Crippen molar-refractivity contribution in [1.29, 1.82) is 0 Å². The van der Waals surface area contributed by atoms with Crippen molar-refractivity contribution in [3.05, 3.63) is 46.4 Å². The minimum absolute atomic E-state index is 0.155. The first kappa shape index (κ1) is 23.3. The van der Waals surface area contributed by atoms with Crippen LogP contribution >= 0.6 is 28.1 Å². The van der Waals surface area contributed by atoms with Crippen molar-refractivity contribution in [3.63, 3.8) is 0 Å². The van der Waals surface area contributed by atoms with Gasteiger partial charge in [0.1, 0.15) is 10.7 Å². The summed E-state index contributed by atoms with van der Waals surface area (Å²) in [6.07, 6.45) is 3.56. The van der Waals surface area contributed by atoms with Gasteiger partial charge in [0, 0.05) is 24.3 Å². The molecule has 1 aliphatic heterocycles. The molecule has 1 aliphatic rings. The lowest BCUT2D eigenvalue weighted by Gasteiger charge is -2.29. The summed E-state index contributed by atoms with van der Waals surface area (Å²) in [7, 11) is 1.57. The molecule has 3 rings (SSSR count). The number of likely N-dealkylation sites (tertiary alicyclic amines) is 1. The molecule has 0 aliphatic carbocycles. The summed E-state index contributed by atoms with van der Waals surface area (Å²) < 4.78 is 17.4. The fourth-order valence-corrected chi connectivity index (χ4v) is 4.26. The van der Waals surface area contributed by atoms with Crippen molar-refractivity contribution < 1.29 is 19.0 Å². The number of halogens is 1. The first-order valence-electron chi connectivity index (χ1n) is 10.3. The maximum absolute atomic E-state index is 12.3. The van der Waals surface area contributed by atoms with E-state index in [-0.39, 0.29) is 12.5 Å². The molecular weight excluding hydrogens is 480 g/mol. The van der Waals surface area contributed by atoms with Crippen LogP contribution in [0.1, 0.15) is 31.7 Å². The van der Waals surface area contributed by atoms with E-state index in [1.54, 1.807) is 19.2 Å². The number of hydrogen-bond acceptors (Lipinski definition) is 5. The second-order valence-corrected chi connectivity index (χ2v) is 8.38. The lowest BCUT2D eigenvalue weighted by atomic mass is 10.1. The average Bonchev–Trinajstić information content (AvgIpc) is 2.79. The van der Waals surface area contributed by atoms with Gasteiger partial charge in [0.05, 0.1) is 18.2 Å². The van der Waals surface area contributed by atoms with Crippen LogP contribution in [-0.4, -0.2) is 49.2 Å². The minimum atomic E-state index is -0.272. The number of thiocarbonyl (C=S) groups is 1.